The van der Waals surface area contributed by atoms with Gasteiger partial charge >= 0.3 is 0 Å². The van der Waals surface area contributed by atoms with Crippen molar-refractivity contribution in [2.45, 2.75) is 6.61 Å². The molecule has 1 aromatic heterocycles. The number of benzene rings is 2. The maximum atomic E-state index is 5.90. The summed E-state index contributed by atoms with van der Waals surface area (Å²) in [6.07, 6.45) is 0. The monoisotopic (exact) mass is 287 g/mol. The van der Waals surface area contributed by atoms with Crippen LogP contribution in [0.1, 0.15) is 5.76 Å². The molecule has 0 aliphatic heterocycles. The van der Waals surface area contributed by atoms with E-state index >= 15 is 0 Å². The maximum Gasteiger partial charge on any atom is 0.176 e. The van der Waals surface area contributed by atoms with Crippen LogP contribution >= 0.6 is 11.6 Å². The Kier molecular flexibility index (Phi) is 3.63. The van der Waals surface area contributed by atoms with Crippen LogP contribution in [0.15, 0.2) is 46.9 Å². The molecule has 0 saturated carbocycles. The molecule has 20 heavy (non-hydrogen) atoms. The minimum atomic E-state index is 0.431. The second-order valence-electron chi connectivity index (χ2n) is 4.29. The number of ether oxygens (including phenoxy) is 2. The summed E-state index contributed by atoms with van der Waals surface area (Å²) in [6, 6.07) is 15.8. The zero-order valence-corrected chi connectivity index (χ0v) is 11.6. The third-order valence-electron chi connectivity index (χ3n) is 2.81. The van der Waals surface area contributed by atoms with E-state index in [0.29, 0.717) is 28.7 Å². The fourth-order valence-corrected chi connectivity index (χ4v) is 2.16. The van der Waals surface area contributed by atoms with Gasteiger partial charge in [0, 0.05) is 24.6 Å². The third kappa shape index (κ3) is 2.64. The Balaban J connectivity index is 1.98. The summed E-state index contributed by atoms with van der Waals surface area (Å²) in [4.78, 5) is 0. The fourth-order valence-electron chi connectivity index (χ4n) is 1.99. The van der Waals surface area contributed by atoms with Gasteiger partial charge in [-0.05, 0) is 24.3 Å². The van der Waals surface area contributed by atoms with Gasteiger partial charge in [-0.2, -0.15) is 0 Å². The predicted molar refractivity (Wildman–Crippen MR) is 77.3 cm³/mol. The molecule has 0 N–H and O–H groups in total. The second kappa shape index (κ2) is 5.57. The number of methoxy groups -OCH3 is 1. The highest BCUT2D eigenvalue weighted by Gasteiger charge is 2.10. The Labute approximate surface area is 121 Å². The van der Waals surface area contributed by atoms with Crippen molar-refractivity contribution in [1.82, 2.24) is 0 Å². The van der Waals surface area contributed by atoms with Gasteiger partial charge in [-0.15, -0.1) is 0 Å². The molecule has 0 amide bonds. The lowest BCUT2D eigenvalue weighted by Gasteiger charge is -2.06. The molecule has 3 rings (SSSR count). The highest BCUT2D eigenvalue weighted by Crippen LogP contribution is 2.32. The molecule has 0 saturated heterocycles. The molecule has 0 fully saturated rings. The summed E-state index contributed by atoms with van der Waals surface area (Å²) >= 11 is 5.90. The lowest BCUT2D eigenvalue weighted by atomic mass is 10.2. The first-order chi connectivity index (χ1) is 9.76. The summed E-state index contributed by atoms with van der Waals surface area (Å²) < 4.78 is 16.7. The van der Waals surface area contributed by atoms with Gasteiger partial charge in [0.15, 0.2) is 11.3 Å². The average molecular weight is 288 g/mol. The number of halogens is 1. The Morgan fingerprint density at radius 3 is 2.95 bits per heavy atom. The molecular weight excluding hydrogens is 276 g/mol. The van der Waals surface area contributed by atoms with Gasteiger partial charge < -0.3 is 13.9 Å². The van der Waals surface area contributed by atoms with Gasteiger partial charge in [0.2, 0.25) is 0 Å². The standard InChI is InChI=1S/C16H12ClO3/c1-18-10-14-8-11-4-2-7-15(16(11)20-14)19-13-6-3-5-12(17)9-13/h2-4,6-9H,10H2,1H3. The summed E-state index contributed by atoms with van der Waals surface area (Å²) in [5, 5.41) is 1.48. The summed E-state index contributed by atoms with van der Waals surface area (Å²) in [5.41, 5.74) is 0.698. The van der Waals surface area contributed by atoms with Crippen LogP contribution in [0.4, 0.5) is 0 Å². The van der Waals surface area contributed by atoms with Crippen LogP contribution in [0.25, 0.3) is 11.0 Å². The number of rotatable bonds is 4. The average Bonchev–Trinajstić information content (AvgIpc) is 2.83. The van der Waals surface area contributed by atoms with Crippen molar-refractivity contribution >= 4 is 22.6 Å². The van der Waals surface area contributed by atoms with Crippen molar-refractivity contribution in [1.29, 1.82) is 0 Å². The first-order valence-electron chi connectivity index (χ1n) is 6.12. The van der Waals surface area contributed by atoms with E-state index in [1.165, 1.54) is 0 Å². The van der Waals surface area contributed by atoms with Crippen molar-refractivity contribution in [3.05, 3.63) is 59.3 Å². The molecule has 0 atom stereocenters. The normalized spacial score (nSPS) is 10.9. The van der Waals surface area contributed by atoms with Crippen molar-refractivity contribution < 1.29 is 13.9 Å². The molecule has 0 aliphatic carbocycles. The van der Waals surface area contributed by atoms with Crippen LogP contribution < -0.4 is 4.74 Å². The molecule has 3 aromatic rings. The van der Waals surface area contributed by atoms with Gasteiger partial charge in [-0.1, -0.05) is 23.7 Å². The molecule has 1 radical (unpaired) electrons. The van der Waals surface area contributed by atoms with Crippen LogP contribution in [0, 0.1) is 6.07 Å². The largest absolute Gasteiger partial charge is 0.455 e. The van der Waals surface area contributed by atoms with Crippen LogP contribution in [-0.4, -0.2) is 7.11 Å². The van der Waals surface area contributed by atoms with E-state index in [2.05, 4.69) is 6.07 Å². The smallest absolute Gasteiger partial charge is 0.176 e. The Morgan fingerprint density at radius 2 is 2.15 bits per heavy atom. The molecule has 101 valence electrons. The minimum absolute atomic E-state index is 0.431. The molecule has 0 aliphatic rings. The van der Waals surface area contributed by atoms with E-state index in [9.17, 15) is 0 Å². The first-order valence-corrected chi connectivity index (χ1v) is 6.49. The van der Waals surface area contributed by atoms with Gasteiger partial charge in [0.25, 0.3) is 0 Å². The number of hydrogen-bond donors (Lipinski definition) is 0. The Hall–Kier alpha value is -1.97. The molecule has 0 unspecified atom stereocenters. The van der Waals surface area contributed by atoms with E-state index in [4.69, 9.17) is 25.5 Å². The van der Waals surface area contributed by atoms with Crippen LogP contribution in [0.2, 0.25) is 5.02 Å². The lowest BCUT2D eigenvalue weighted by molar-refractivity contribution is 0.166. The van der Waals surface area contributed by atoms with Crippen molar-refractivity contribution in [3.8, 4) is 11.5 Å². The summed E-state index contributed by atoms with van der Waals surface area (Å²) in [7, 11) is 1.63. The third-order valence-corrected chi connectivity index (χ3v) is 3.03. The predicted octanol–water partition coefficient (Wildman–Crippen LogP) is 4.83. The van der Waals surface area contributed by atoms with E-state index < -0.39 is 0 Å². The zero-order valence-electron chi connectivity index (χ0n) is 10.9. The van der Waals surface area contributed by atoms with Crippen molar-refractivity contribution in [2.75, 3.05) is 7.11 Å². The SMILES string of the molecule is COCc1cc2cccc(Oc3cc[c]c(Cl)c3)c2o1. The van der Waals surface area contributed by atoms with Gasteiger partial charge in [0.1, 0.15) is 18.1 Å². The molecule has 4 heteroatoms. The van der Waals surface area contributed by atoms with E-state index in [1.807, 2.05) is 24.3 Å². The van der Waals surface area contributed by atoms with Gasteiger partial charge in [0.05, 0.1) is 5.02 Å². The first kappa shape index (κ1) is 13.0. The zero-order chi connectivity index (χ0) is 13.9. The number of para-hydroxylation sites is 1. The molecule has 0 spiro atoms. The maximum absolute atomic E-state index is 5.90. The van der Waals surface area contributed by atoms with Crippen LogP contribution in [0.5, 0.6) is 11.5 Å². The van der Waals surface area contributed by atoms with E-state index in [-0.39, 0.29) is 0 Å². The van der Waals surface area contributed by atoms with Crippen LogP contribution in [0.3, 0.4) is 0 Å². The molecular formula is C16H12ClO3. The highest BCUT2D eigenvalue weighted by atomic mass is 35.5. The quantitative estimate of drug-likeness (QED) is 0.689. The topological polar surface area (TPSA) is 31.6 Å². The van der Waals surface area contributed by atoms with E-state index in [1.54, 1.807) is 25.3 Å². The minimum Gasteiger partial charge on any atom is -0.455 e. The van der Waals surface area contributed by atoms with E-state index in [0.717, 1.165) is 11.1 Å². The van der Waals surface area contributed by atoms with Crippen LogP contribution in [-0.2, 0) is 11.3 Å². The fraction of sp³-hybridized carbons (Fsp3) is 0.125. The van der Waals surface area contributed by atoms with Gasteiger partial charge in [-0.3, -0.25) is 0 Å². The molecule has 3 nitrogen and oxygen atoms in total. The Bertz CT molecular complexity index is 733. The summed E-state index contributed by atoms with van der Waals surface area (Å²) in [6.45, 7) is 0.431. The highest BCUT2D eigenvalue weighted by molar-refractivity contribution is 6.30. The molecule has 0 bridgehead atoms. The van der Waals surface area contributed by atoms with Gasteiger partial charge in [-0.25, -0.2) is 0 Å². The van der Waals surface area contributed by atoms with Crippen molar-refractivity contribution in [3.63, 3.8) is 0 Å². The Morgan fingerprint density at radius 1 is 1.25 bits per heavy atom. The van der Waals surface area contributed by atoms with Crippen molar-refractivity contribution in [2.24, 2.45) is 0 Å². The molecule has 2 aromatic carbocycles. The number of furan rings is 1. The molecule has 1 heterocycles. The number of hydrogen-bond acceptors (Lipinski definition) is 3. The summed E-state index contributed by atoms with van der Waals surface area (Å²) in [5.74, 6) is 2.05. The number of fused-ring (bicyclic) bond motifs is 1. The second-order valence-corrected chi connectivity index (χ2v) is 4.70. The lowest BCUT2D eigenvalue weighted by Crippen LogP contribution is -1.84.